The average Bonchev–Trinajstić information content (AvgIpc) is 2.64. The number of nitrogens with zero attached hydrogens (tertiary/aromatic N) is 1. The summed E-state index contributed by atoms with van der Waals surface area (Å²) >= 11 is 0. The van der Waals surface area contributed by atoms with Crippen LogP contribution in [-0.4, -0.2) is 43.7 Å². The van der Waals surface area contributed by atoms with Gasteiger partial charge in [-0.1, -0.05) is 6.92 Å². The molecule has 4 nitrogen and oxygen atoms in total. The van der Waals surface area contributed by atoms with Crippen LogP contribution in [0.4, 0.5) is 0 Å². The number of carbonyl (C=O) groups excluding carboxylic acids is 1. The first-order chi connectivity index (χ1) is 6.69. The maximum atomic E-state index is 11.7. The number of hydrogen-bond donors (Lipinski definition) is 1. The summed E-state index contributed by atoms with van der Waals surface area (Å²) in [5.41, 5.74) is 5.69. The number of rotatable bonds is 4. The largest absolute Gasteiger partial charge is 0.384 e. The maximum absolute atomic E-state index is 11.7. The number of carbonyl (C=O) groups is 1. The van der Waals surface area contributed by atoms with Gasteiger partial charge in [0.25, 0.3) is 0 Å². The van der Waals surface area contributed by atoms with E-state index in [-0.39, 0.29) is 24.4 Å². The Morgan fingerprint density at radius 1 is 1.67 bits per heavy atom. The number of likely N-dealkylation sites (tertiary alicyclic amines) is 1. The molecule has 90 valence electrons. The van der Waals surface area contributed by atoms with Crippen molar-refractivity contribution in [1.29, 1.82) is 0 Å². The molecule has 0 aromatic rings. The smallest absolute Gasteiger partial charge is 0.239 e. The number of halogens is 1. The summed E-state index contributed by atoms with van der Waals surface area (Å²) in [4.78, 5) is 13.5. The topological polar surface area (TPSA) is 55.6 Å². The molecule has 0 saturated carbocycles. The van der Waals surface area contributed by atoms with Crippen molar-refractivity contribution in [3.05, 3.63) is 0 Å². The molecule has 1 unspecified atom stereocenters. The first-order valence-corrected chi connectivity index (χ1v) is 5.22. The fraction of sp³-hybridized carbons (Fsp3) is 0.900. The van der Waals surface area contributed by atoms with Crippen molar-refractivity contribution in [3.63, 3.8) is 0 Å². The van der Waals surface area contributed by atoms with Crippen LogP contribution >= 0.6 is 12.4 Å². The Labute approximate surface area is 97.5 Å². The molecular formula is C10H21ClN2O2. The lowest BCUT2D eigenvalue weighted by atomic mass is 10.1. The molecule has 2 N–H and O–H groups in total. The van der Waals surface area contributed by atoms with Crippen LogP contribution in [-0.2, 0) is 9.53 Å². The Morgan fingerprint density at radius 3 is 2.87 bits per heavy atom. The predicted molar refractivity (Wildman–Crippen MR) is 62.1 cm³/mol. The highest BCUT2D eigenvalue weighted by atomic mass is 35.5. The fourth-order valence-electron chi connectivity index (χ4n) is 1.81. The minimum absolute atomic E-state index is 0. The summed E-state index contributed by atoms with van der Waals surface area (Å²) in [7, 11) is 1.70. The quantitative estimate of drug-likeness (QED) is 0.780. The molecule has 1 saturated heterocycles. The molecule has 1 heterocycles. The number of hydrogen-bond acceptors (Lipinski definition) is 3. The zero-order valence-electron chi connectivity index (χ0n) is 9.44. The summed E-state index contributed by atoms with van der Waals surface area (Å²) in [5, 5.41) is 0. The van der Waals surface area contributed by atoms with Crippen molar-refractivity contribution < 1.29 is 9.53 Å². The van der Waals surface area contributed by atoms with Crippen LogP contribution in [0.25, 0.3) is 0 Å². The van der Waals surface area contributed by atoms with Gasteiger partial charge in [0.15, 0.2) is 0 Å². The molecule has 0 radical (unpaired) electrons. The SMILES string of the molecule is CC[C@H](N)C(=O)N1CCC(COC)C1.Cl. The molecule has 1 aliphatic heterocycles. The Hall–Kier alpha value is -0.320. The molecule has 15 heavy (non-hydrogen) atoms. The second-order valence-electron chi connectivity index (χ2n) is 3.91. The molecule has 1 amide bonds. The lowest BCUT2D eigenvalue weighted by molar-refractivity contribution is -0.131. The van der Waals surface area contributed by atoms with Gasteiger partial charge in [-0.2, -0.15) is 0 Å². The van der Waals surface area contributed by atoms with Gasteiger partial charge in [-0.25, -0.2) is 0 Å². The first kappa shape index (κ1) is 14.7. The van der Waals surface area contributed by atoms with Crippen LogP contribution in [0, 0.1) is 5.92 Å². The zero-order valence-corrected chi connectivity index (χ0v) is 10.3. The molecule has 0 bridgehead atoms. The molecule has 0 aliphatic carbocycles. The van der Waals surface area contributed by atoms with Gasteiger partial charge in [-0.15, -0.1) is 12.4 Å². The Kier molecular flexibility index (Phi) is 6.89. The zero-order chi connectivity index (χ0) is 10.6. The summed E-state index contributed by atoms with van der Waals surface area (Å²) in [5.74, 6) is 0.583. The van der Waals surface area contributed by atoms with Gasteiger partial charge < -0.3 is 15.4 Å². The maximum Gasteiger partial charge on any atom is 0.239 e. The molecule has 1 aliphatic rings. The molecule has 0 spiro atoms. The normalized spacial score (nSPS) is 22.3. The van der Waals surface area contributed by atoms with Crippen LogP contribution < -0.4 is 5.73 Å². The average molecular weight is 237 g/mol. The van der Waals surface area contributed by atoms with E-state index in [9.17, 15) is 4.79 Å². The van der Waals surface area contributed by atoms with Crippen molar-refractivity contribution >= 4 is 18.3 Å². The third-order valence-electron chi connectivity index (χ3n) is 2.76. The molecule has 5 heteroatoms. The van der Waals surface area contributed by atoms with Crippen LogP contribution in [0.15, 0.2) is 0 Å². The van der Waals surface area contributed by atoms with E-state index in [0.717, 1.165) is 26.1 Å². The van der Waals surface area contributed by atoms with Gasteiger partial charge in [0, 0.05) is 26.1 Å². The van der Waals surface area contributed by atoms with Gasteiger partial charge in [0.2, 0.25) is 5.91 Å². The number of ether oxygens (including phenoxy) is 1. The molecule has 0 aromatic heterocycles. The molecular weight excluding hydrogens is 216 g/mol. The van der Waals surface area contributed by atoms with E-state index in [1.807, 2.05) is 11.8 Å². The molecule has 1 rings (SSSR count). The van der Waals surface area contributed by atoms with Gasteiger partial charge in [0.1, 0.15) is 0 Å². The van der Waals surface area contributed by atoms with Crippen molar-refractivity contribution in [2.75, 3.05) is 26.8 Å². The van der Waals surface area contributed by atoms with Crippen LogP contribution in [0.1, 0.15) is 19.8 Å². The minimum Gasteiger partial charge on any atom is -0.384 e. The second kappa shape index (κ2) is 7.04. The van der Waals surface area contributed by atoms with E-state index >= 15 is 0 Å². The van der Waals surface area contributed by atoms with Crippen LogP contribution in [0.5, 0.6) is 0 Å². The van der Waals surface area contributed by atoms with Gasteiger partial charge in [0.05, 0.1) is 12.6 Å². The van der Waals surface area contributed by atoms with Gasteiger partial charge in [-0.3, -0.25) is 4.79 Å². The number of amides is 1. The first-order valence-electron chi connectivity index (χ1n) is 5.22. The van der Waals surface area contributed by atoms with Crippen molar-refractivity contribution in [2.45, 2.75) is 25.8 Å². The van der Waals surface area contributed by atoms with Crippen LogP contribution in [0.2, 0.25) is 0 Å². The number of methoxy groups -OCH3 is 1. The van der Waals surface area contributed by atoms with E-state index in [4.69, 9.17) is 10.5 Å². The highest BCUT2D eigenvalue weighted by Gasteiger charge is 2.28. The lowest BCUT2D eigenvalue weighted by Gasteiger charge is -2.19. The van der Waals surface area contributed by atoms with Crippen LogP contribution in [0.3, 0.4) is 0 Å². The standard InChI is InChI=1S/C10H20N2O2.ClH/c1-3-9(11)10(13)12-5-4-8(6-12)7-14-2;/h8-9H,3-7,11H2,1-2H3;1H/t8?,9-;/m0./s1. The number of nitrogens with two attached hydrogens (primary N) is 1. The summed E-state index contributed by atoms with van der Waals surface area (Å²) in [6.07, 6.45) is 1.75. The highest BCUT2D eigenvalue weighted by molar-refractivity contribution is 5.85. The van der Waals surface area contributed by atoms with Gasteiger partial charge in [-0.05, 0) is 12.8 Å². The summed E-state index contributed by atoms with van der Waals surface area (Å²) in [6.45, 7) is 4.32. The van der Waals surface area contributed by atoms with E-state index < -0.39 is 0 Å². The second-order valence-corrected chi connectivity index (χ2v) is 3.91. The lowest BCUT2D eigenvalue weighted by Crippen LogP contribution is -2.42. The van der Waals surface area contributed by atoms with E-state index in [1.54, 1.807) is 7.11 Å². The van der Waals surface area contributed by atoms with E-state index in [1.165, 1.54) is 0 Å². The predicted octanol–water partition coefficient (Wildman–Crippen LogP) is 0.640. The van der Waals surface area contributed by atoms with Crippen molar-refractivity contribution in [1.82, 2.24) is 4.90 Å². The van der Waals surface area contributed by atoms with Gasteiger partial charge >= 0.3 is 0 Å². The monoisotopic (exact) mass is 236 g/mol. The third kappa shape index (κ3) is 3.97. The van der Waals surface area contributed by atoms with Crippen molar-refractivity contribution in [2.24, 2.45) is 11.7 Å². The van der Waals surface area contributed by atoms with E-state index in [2.05, 4.69) is 0 Å². The highest BCUT2D eigenvalue weighted by Crippen LogP contribution is 2.17. The Morgan fingerprint density at radius 2 is 2.33 bits per heavy atom. The third-order valence-corrected chi connectivity index (χ3v) is 2.76. The Bertz CT molecular complexity index is 202. The molecule has 2 atom stereocenters. The van der Waals surface area contributed by atoms with E-state index in [0.29, 0.717) is 12.3 Å². The molecule has 1 fully saturated rings. The summed E-state index contributed by atoms with van der Waals surface area (Å²) < 4.78 is 5.07. The Balaban J connectivity index is 0.00000196. The summed E-state index contributed by atoms with van der Waals surface area (Å²) in [6, 6.07) is -0.323. The molecule has 0 aromatic carbocycles. The fourth-order valence-corrected chi connectivity index (χ4v) is 1.81. The minimum atomic E-state index is -0.323. The van der Waals surface area contributed by atoms with Crippen molar-refractivity contribution in [3.8, 4) is 0 Å².